The van der Waals surface area contributed by atoms with E-state index in [-0.39, 0.29) is 20.2 Å². The Bertz CT molecular complexity index is 2460. The lowest BCUT2D eigenvalue weighted by molar-refractivity contribution is -0.192. The standard InChI is InChI=1S/C20H20ClN5O3S2.C9H7ClO3S2.C2HF3O2/c1-11-14-9-13(21)2-3-17(14)30-20(11)31(28,29)25-15-5-7-26(19(15)27)10-12-4-6-24-16(8-12)18(22)23;1-5-7-4-6(10)2-3-8(7)14-9(5)15(11,12)13;3-2(4,5)1(6)7/h2-4,6,8-9,15,25H,5,7,10H2,1H3,(H3,22,23);2-4H,1H3,(H,11,12,13);(H,6,7)/t15-;;/m0../s1. The van der Waals surface area contributed by atoms with E-state index >= 15 is 0 Å². The third-order valence-corrected chi connectivity index (χ3v) is 14.1. The zero-order chi connectivity index (χ0) is 39.6. The molecule has 3 aromatic heterocycles. The number of carbonyl (C=O) groups is 2. The normalized spacial score (nSPS) is 14.8. The number of fused-ring (bicyclic) bond motifs is 2. The number of carbonyl (C=O) groups excluding carboxylic acids is 1. The van der Waals surface area contributed by atoms with Gasteiger partial charge in [0, 0.05) is 38.7 Å². The highest BCUT2D eigenvalue weighted by Crippen LogP contribution is 2.37. The van der Waals surface area contributed by atoms with Gasteiger partial charge in [0.05, 0.1) is 0 Å². The number of aryl methyl sites for hydroxylation is 2. The van der Waals surface area contributed by atoms with Crippen molar-refractivity contribution in [2.24, 2.45) is 5.73 Å². The lowest BCUT2D eigenvalue weighted by Crippen LogP contribution is -2.41. The van der Waals surface area contributed by atoms with Crippen LogP contribution in [0, 0.1) is 19.3 Å². The number of alkyl halides is 3. The molecule has 2 aromatic carbocycles. The van der Waals surface area contributed by atoms with Crippen LogP contribution in [-0.4, -0.2) is 72.9 Å². The summed E-state index contributed by atoms with van der Waals surface area (Å²) in [6.07, 6.45) is -3.18. The zero-order valence-corrected chi connectivity index (χ0v) is 32.0. The first-order chi connectivity index (χ1) is 24.5. The number of halogens is 5. The number of nitrogen functional groups attached to an aromatic ring is 1. The van der Waals surface area contributed by atoms with E-state index in [1.54, 1.807) is 67.3 Å². The average molecular weight is 855 g/mol. The largest absolute Gasteiger partial charge is 0.490 e. The molecule has 6 N–H and O–H groups in total. The predicted molar refractivity (Wildman–Crippen MR) is 196 cm³/mol. The summed E-state index contributed by atoms with van der Waals surface area (Å²) >= 11 is 14.1. The number of benzene rings is 2. The number of likely N-dealkylation sites (tertiary alicyclic amines) is 1. The number of rotatable bonds is 7. The third kappa shape index (κ3) is 10.2. The number of amidine groups is 1. The van der Waals surface area contributed by atoms with Crippen LogP contribution in [0.25, 0.3) is 20.2 Å². The lowest BCUT2D eigenvalue weighted by Gasteiger charge is -2.17. The summed E-state index contributed by atoms with van der Waals surface area (Å²) < 4.78 is 93.3. The molecule has 1 aliphatic heterocycles. The van der Waals surface area contributed by atoms with Gasteiger partial charge in [0.25, 0.3) is 10.0 Å². The van der Waals surface area contributed by atoms with Gasteiger partial charge in [0.2, 0.25) is 5.91 Å². The van der Waals surface area contributed by atoms with Crippen LogP contribution in [0.3, 0.4) is 0 Å². The van der Waals surface area contributed by atoms with Gasteiger partial charge in [-0.05, 0) is 96.3 Å². The number of nitrogens with one attached hydrogen (secondary N) is 2. The Balaban J connectivity index is 0.000000235. The van der Waals surface area contributed by atoms with Crippen LogP contribution in [0.1, 0.15) is 28.8 Å². The van der Waals surface area contributed by atoms with Gasteiger partial charge in [0.1, 0.15) is 21.8 Å². The van der Waals surface area contributed by atoms with E-state index < -0.39 is 38.3 Å². The minimum Gasteiger partial charge on any atom is -0.475 e. The van der Waals surface area contributed by atoms with E-state index in [9.17, 15) is 34.8 Å². The van der Waals surface area contributed by atoms with Crippen molar-refractivity contribution in [3.8, 4) is 0 Å². The Morgan fingerprint density at radius 2 is 1.51 bits per heavy atom. The van der Waals surface area contributed by atoms with Crippen molar-refractivity contribution >= 4 is 104 Å². The van der Waals surface area contributed by atoms with Crippen LogP contribution in [0.2, 0.25) is 10.0 Å². The molecular weight excluding hydrogens is 827 g/mol. The highest BCUT2D eigenvalue weighted by atomic mass is 35.5. The van der Waals surface area contributed by atoms with E-state index in [1.165, 1.54) is 6.20 Å². The molecule has 0 unspecified atom stereocenters. The number of hydrogen-bond donors (Lipinski definition) is 5. The van der Waals surface area contributed by atoms with Crippen molar-refractivity contribution < 1.29 is 49.3 Å². The van der Waals surface area contributed by atoms with E-state index in [0.717, 1.165) is 48.4 Å². The number of nitrogens with zero attached hydrogens (tertiary/aromatic N) is 2. The summed E-state index contributed by atoms with van der Waals surface area (Å²) in [7, 11) is -8.01. The number of aliphatic carboxylic acids is 1. The lowest BCUT2D eigenvalue weighted by atomic mass is 10.2. The SMILES string of the molecule is Cc1c(S(=O)(=O)N[C@H]2CCN(Cc3ccnc(C(=N)N)c3)C2=O)sc2ccc(Cl)cc12.Cc1c(S(=O)(=O)O)sc2ccc(Cl)cc12.O=C(O)C(F)(F)F. The van der Waals surface area contributed by atoms with Crippen LogP contribution < -0.4 is 10.5 Å². The summed E-state index contributed by atoms with van der Waals surface area (Å²) in [4.78, 5) is 27.3. The molecule has 0 spiro atoms. The summed E-state index contributed by atoms with van der Waals surface area (Å²) in [6.45, 7) is 4.10. The molecule has 53 heavy (non-hydrogen) atoms. The molecular formula is C31H28Cl2F3N5O8S4. The fourth-order valence-electron chi connectivity index (χ4n) is 5.03. The molecule has 13 nitrogen and oxygen atoms in total. The van der Waals surface area contributed by atoms with Crippen LogP contribution in [0.15, 0.2) is 63.1 Å². The molecule has 0 saturated carbocycles. The van der Waals surface area contributed by atoms with Gasteiger partial charge in [-0.2, -0.15) is 26.3 Å². The number of hydrogen-bond acceptors (Lipinski definition) is 10. The van der Waals surface area contributed by atoms with Crippen molar-refractivity contribution in [3.63, 3.8) is 0 Å². The van der Waals surface area contributed by atoms with Crippen molar-refractivity contribution in [1.82, 2.24) is 14.6 Å². The van der Waals surface area contributed by atoms with Gasteiger partial charge in [-0.15, -0.1) is 22.7 Å². The Hall–Kier alpha value is -3.89. The number of carboxylic acids is 1. The van der Waals surface area contributed by atoms with Gasteiger partial charge in [-0.25, -0.2) is 13.2 Å². The Morgan fingerprint density at radius 3 is 2.00 bits per heavy atom. The van der Waals surface area contributed by atoms with Gasteiger partial charge < -0.3 is 15.7 Å². The minimum atomic E-state index is -5.08. The molecule has 4 heterocycles. The van der Waals surface area contributed by atoms with Gasteiger partial charge in [-0.1, -0.05) is 23.2 Å². The number of amides is 1. The smallest absolute Gasteiger partial charge is 0.475 e. The molecule has 0 bridgehead atoms. The molecule has 6 rings (SSSR count). The fraction of sp³-hybridized carbons (Fsp3) is 0.226. The topological polar surface area (TPSA) is 221 Å². The molecule has 1 saturated heterocycles. The zero-order valence-electron chi connectivity index (χ0n) is 27.2. The summed E-state index contributed by atoms with van der Waals surface area (Å²) in [5.74, 6) is -3.20. The Kier molecular flexibility index (Phi) is 12.8. The highest BCUT2D eigenvalue weighted by Gasteiger charge is 2.38. The summed E-state index contributed by atoms with van der Waals surface area (Å²) in [6, 6.07) is 12.9. The second-order valence-electron chi connectivity index (χ2n) is 11.3. The van der Waals surface area contributed by atoms with E-state index in [0.29, 0.717) is 46.4 Å². The highest BCUT2D eigenvalue weighted by molar-refractivity contribution is 7.92. The second-order valence-corrected chi connectivity index (χ2v) is 17.8. The minimum absolute atomic E-state index is 0.0141. The Labute approximate surface area is 318 Å². The first-order valence-corrected chi connectivity index (χ1v) is 20.1. The van der Waals surface area contributed by atoms with Crippen LogP contribution in [0.5, 0.6) is 0 Å². The molecule has 0 radical (unpaired) electrons. The number of pyridine rings is 1. The maximum Gasteiger partial charge on any atom is 0.490 e. The summed E-state index contributed by atoms with van der Waals surface area (Å²) in [5, 5.41) is 17.3. The molecule has 1 aliphatic rings. The molecule has 1 atom stereocenters. The number of nitrogens with two attached hydrogens (primary N) is 1. The average Bonchev–Trinajstić information content (AvgIpc) is 3.70. The van der Waals surface area contributed by atoms with Crippen molar-refractivity contribution in [1.29, 1.82) is 5.41 Å². The quantitative estimate of drug-likeness (QED) is 0.0692. The molecule has 284 valence electrons. The first-order valence-electron chi connectivity index (χ1n) is 14.7. The van der Waals surface area contributed by atoms with Gasteiger partial charge >= 0.3 is 22.3 Å². The second kappa shape index (κ2) is 16.2. The van der Waals surface area contributed by atoms with Crippen molar-refractivity contribution in [2.75, 3.05) is 6.54 Å². The number of thiophene rings is 2. The van der Waals surface area contributed by atoms with E-state index in [2.05, 4.69) is 9.71 Å². The van der Waals surface area contributed by atoms with E-state index in [1.807, 2.05) is 0 Å². The van der Waals surface area contributed by atoms with Crippen molar-refractivity contribution in [2.45, 2.75) is 47.4 Å². The maximum atomic E-state index is 13.0. The molecule has 5 aromatic rings. The molecule has 1 fully saturated rings. The molecule has 22 heteroatoms. The van der Waals surface area contributed by atoms with Crippen LogP contribution >= 0.6 is 45.9 Å². The molecule has 1 amide bonds. The van der Waals surface area contributed by atoms with Crippen LogP contribution in [-0.2, 0) is 36.3 Å². The van der Waals surface area contributed by atoms with Crippen LogP contribution in [0.4, 0.5) is 13.2 Å². The number of sulfonamides is 1. The Morgan fingerprint density at radius 1 is 1.00 bits per heavy atom. The number of carboxylic acid groups (broad SMARTS) is 1. The van der Waals surface area contributed by atoms with E-state index in [4.69, 9.17) is 48.8 Å². The van der Waals surface area contributed by atoms with Crippen molar-refractivity contribution in [3.05, 3.63) is 87.2 Å². The summed E-state index contributed by atoms with van der Waals surface area (Å²) in [5.41, 5.74) is 7.74. The first kappa shape index (κ1) is 41.9. The monoisotopic (exact) mass is 853 g/mol. The third-order valence-electron chi connectivity index (χ3n) is 7.50. The fourth-order valence-corrected chi connectivity index (χ4v) is 10.5. The van der Waals surface area contributed by atoms with Gasteiger partial charge in [-0.3, -0.25) is 19.7 Å². The van der Waals surface area contributed by atoms with Gasteiger partial charge in [0.15, 0.2) is 4.21 Å². The maximum absolute atomic E-state index is 13.0. The molecule has 0 aliphatic carbocycles. The predicted octanol–water partition coefficient (Wildman–Crippen LogP) is 6.36. The number of aromatic nitrogens is 1.